The van der Waals surface area contributed by atoms with Crippen molar-refractivity contribution in [1.82, 2.24) is 4.90 Å². The Hall–Kier alpha value is -1.07. The second-order valence-electron chi connectivity index (χ2n) is 4.82. The van der Waals surface area contributed by atoms with Crippen LogP contribution in [0.1, 0.15) is 24.0 Å². The molecule has 1 fully saturated rings. The third kappa shape index (κ3) is 3.03. The topological polar surface area (TPSA) is 23.5 Å². The smallest absolute Gasteiger partial charge is 0.263 e. The molecule has 18 heavy (non-hydrogen) atoms. The van der Waals surface area contributed by atoms with Crippen LogP contribution in [-0.2, 0) is 6.54 Å². The maximum atomic E-state index is 13.8. The second kappa shape index (κ2) is 5.28. The summed E-state index contributed by atoms with van der Waals surface area (Å²) >= 11 is 0. The highest BCUT2D eigenvalue weighted by molar-refractivity contribution is 5.24. The van der Waals surface area contributed by atoms with Crippen LogP contribution in [0.5, 0.6) is 0 Å². The molecule has 0 amide bonds. The van der Waals surface area contributed by atoms with E-state index >= 15 is 0 Å². The zero-order valence-electron chi connectivity index (χ0n) is 9.95. The zero-order chi connectivity index (χ0) is 13.2. The van der Waals surface area contributed by atoms with Gasteiger partial charge in [0.05, 0.1) is 6.61 Å². The van der Waals surface area contributed by atoms with Crippen LogP contribution in [0.15, 0.2) is 24.3 Å². The number of rotatable bonds is 4. The van der Waals surface area contributed by atoms with Crippen molar-refractivity contribution in [2.75, 3.05) is 19.7 Å². The lowest BCUT2D eigenvalue weighted by molar-refractivity contribution is 0.0769. The third-order valence-electron chi connectivity index (χ3n) is 3.28. The van der Waals surface area contributed by atoms with E-state index in [9.17, 15) is 13.2 Å². The maximum Gasteiger partial charge on any atom is 0.263 e. The van der Waals surface area contributed by atoms with Crippen molar-refractivity contribution in [2.45, 2.75) is 25.1 Å². The van der Waals surface area contributed by atoms with Gasteiger partial charge in [-0.25, -0.2) is 13.2 Å². The van der Waals surface area contributed by atoms with Gasteiger partial charge in [-0.3, -0.25) is 4.90 Å². The minimum Gasteiger partial charge on any atom is -0.393 e. The van der Waals surface area contributed by atoms with Crippen molar-refractivity contribution in [1.29, 1.82) is 0 Å². The van der Waals surface area contributed by atoms with E-state index in [4.69, 9.17) is 5.11 Å². The Morgan fingerprint density at radius 3 is 2.78 bits per heavy atom. The number of nitrogens with zero attached hydrogens (tertiary/aromatic N) is 1. The molecule has 0 aliphatic carbocycles. The monoisotopic (exact) mass is 259 g/mol. The first kappa shape index (κ1) is 13.4. The Morgan fingerprint density at radius 2 is 2.17 bits per heavy atom. The lowest BCUT2D eigenvalue weighted by atomic mass is 10.1. The molecule has 0 bridgehead atoms. The number of hydrogen-bond acceptors (Lipinski definition) is 2. The molecule has 2 rings (SSSR count). The summed E-state index contributed by atoms with van der Waals surface area (Å²) in [5.41, 5.74) is -0.810. The van der Waals surface area contributed by atoms with E-state index in [2.05, 4.69) is 0 Å². The molecule has 1 saturated heterocycles. The number of aliphatic hydroxyl groups is 1. The molecule has 0 spiro atoms. The molecule has 1 aliphatic heterocycles. The van der Waals surface area contributed by atoms with Crippen molar-refractivity contribution >= 4 is 0 Å². The van der Waals surface area contributed by atoms with Crippen LogP contribution in [0.4, 0.5) is 13.2 Å². The summed E-state index contributed by atoms with van der Waals surface area (Å²) in [6.45, 7) is 0.644. The first-order valence-electron chi connectivity index (χ1n) is 5.91. The van der Waals surface area contributed by atoms with Gasteiger partial charge in [-0.05, 0) is 18.1 Å². The second-order valence-corrected chi connectivity index (χ2v) is 4.82. The summed E-state index contributed by atoms with van der Waals surface area (Å²) in [4.78, 5) is 1.83. The summed E-state index contributed by atoms with van der Waals surface area (Å²) in [5, 5.41) is 8.93. The lowest BCUT2D eigenvalue weighted by Gasteiger charge is -2.19. The number of alkyl halides is 3. The largest absolute Gasteiger partial charge is 0.393 e. The molecule has 2 nitrogen and oxygen atoms in total. The molecule has 1 aromatic carbocycles. The fraction of sp³-hybridized carbons (Fsp3) is 0.538. The number of aliphatic hydroxyl groups excluding tert-OH is 1. The van der Waals surface area contributed by atoms with E-state index in [0.29, 0.717) is 13.1 Å². The molecule has 0 aromatic heterocycles. The average Bonchev–Trinajstić information content (AvgIpc) is 2.72. The van der Waals surface area contributed by atoms with Crippen LogP contribution in [0.25, 0.3) is 0 Å². The predicted molar refractivity (Wildman–Crippen MR) is 62.2 cm³/mol. The van der Waals surface area contributed by atoms with Crippen LogP contribution in [0.2, 0.25) is 0 Å². The molecular weight excluding hydrogens is 243 g/mol. The van der Waals surface area contributed by atoms with Crippen molar-refractivity contribution < 1.29 is 18.3 Å². The van der Waals surface area contributed by atoms with Gasteiger partial charge in [0.2, 0.25) is 0 Å². The molecule has 1 heterocycles. The molecule has 1 atom stereocenters. The summed E-state index contributed by atoms with van der Waals surface area (Å²) in [6.07, 6.45) is -2.20. The Bertz CT molecular complexity index is 413. The minimum atomic E-state index is -2.48. The Balaban J connectivity index is 2.00. The first-order valence-corrected chi connectivity index (χ1v) is 5.91. The highest BCUT2D eigenvalue weighted by Gasteiger charge is 2.37. The van der Waals surface area contributed by atoms with Gasteiger partial charge in [0.1, 0.15) is 5.67 Å². The van der Waals surface area contributed by atoms with Crippen LogP contribution in [0, 0.1) is 0 Å². The van der Waals surface area contributed by atoms with E-state index in [1.54, 1.807) is 12.1 Å². The molecule has 1 unspecified atom stereocenters. The molecular formula is C13H16F3NO. The number of hydrogen-bond donors (Lipinski definition) is 1. The van der Waals surface area contributed by atoms with Crippen molar-refractivity contribution in [3.8, 4) is 0 Å². The summed E-state index contributed by atoms with van der Waals surface area (Å²) in [6, 6.07) is 6.16. The number of likely N-dealkylation sites (tertiary alicyclic amines) is 1. The van der Waals surface area contributed by atoms with Gasteiger partial charge in [-0.15, -0.1) is 0 Å². The third-order valence-corrected chi connectivity index (χ3v) is 3.28. The predicted octanol–water partition coefficient (Wildman–Crippen LogP) is 2.53. The number of halogens is 3. The van der Waals surface area contributed by atoms with Gasteiger partial charge in [-0.1, -0.05) is 18.2 Å². The minimum absolute atomic E-state index is 0.0135. The summed E-state index contributed by atoms with van der Waals surface area (Å²) < 4.78 is 38.9. The van der Waals surface area contributed by atoms with Gasteiger partial charge < -0.3 is 5.11 Å². The maximum absolute atomic E-state index is 13.8. The molecule has 100 valence electrons. The average molecular weight is 259 g/mol. The molecule has 1 N–H and O–H groups in total. The standard InChI is InChI=1S/C13H16F3NO/c14-12(15)11-3-1-2-10(6-11)7-17-5-4-13(16,8-17)9-18/h1-3,6,12,18H,4-5,7-9H2. The number of benzene rings is 1. The van der Waals surface area contributed by atoms with Crippen LogP contribution >= 0.6 is 0 Å². The molecule has 1 aliphatic rings. The summed E-state index contributed by atoms with van der Waals surface area (Å²) in [5.74, 6) is 0. The van der Waals surface area contributed by atoms with Crippen molar-refractivity contribution in [3.63, 3.8) is 0 Å². The van der Waals surface area contributed by atoms with Gasteiger partial charge in [0, 0.05) is 25.2 Å². The fourth-order valence-corrected chi connectivity index (χ4v) is 2.27. The van der Waals surface area contributed by atoms with Crippen LogP contribution < -0.4 is 0 Å². The van der Waals surface area contributed by atoms with Crippen LogP contribution in [0.3, 0.4) is 0 Å². The van der Waals surface area contributed by atoms with Crippen LogP contribution in [-0.4, -0.2) is 35.4 Å². The van der Waals surface area contributed by atoms with Gasteiger partial charge in [0.15, 0.2) is 0 Å². The summed E-state index contributed by atoms with van der Waals surface area (Å²) in [7, 11) is 0. The SMILES string of the molecule is OCC1(F)CCN(Cc2cccc(C(F)F)c2)C1. The lowest BCUT2D eigenvalue weighted by Crippen LogP contribution is -2.32. The van der Waals surface area contributed by atoms with E-state index in [-0.39, 0.29) is 18.5 Å². The highest BCUT2D eigenvalue weighted by atomic mass is 19.3. The zero-order valence-corrected chi connectivity index (χ0v) is 9.95. The van der Waals surface area contributed by atoms with E-state index in [0.717, 1.165) is 5.56 Å². The van der Waals surface area contributed by atoms with E-state index in [1.165, 1.54) is 12.1 Å². The van der Waals surface area contributed by atoms with E-state index < -0.39 is 18.7 Å². The van der Waals surface area contributed by atoms with E-state index in [1.807, 2.05) is 4.90 Å². The van der Waals surface area contributed by atoms with Crippen molar-refractivity contribution in [2.24, 2.45) is 0 Å². The van der Waals surface area contributed by atoms with Gasteiger partial charge >= 0.3 is 0 Å². The highest BCUT2D eigenvalue weighted by Crippen LogP contribution is 2.27. The Labute approximate surface area is 104 Å². The normalized spacial score (nSPS) is 24.9. The molecule has 5 heteroatoms. The first-order chi connectivity index (χ1) is 8.52. The van der Waals surface area contributed by atoms with Gasteiger partial charge in [0.25, 0.3) is 6.43 Å². The Kier molecular flexibility index (Phi) is 3.92. The fourth-order valence-electron chi connectivity index (χ4n) is 2.27. The van der Waals surface area contributed by atoms with Crippen molar-refractivity contribution in [3.05, 3.63) is 35.4 Å². The Morgan fingerprint density at radius 1 is 1.39 bits per heavy atom. The molecule has 1 aromatic rings. The van der Waals surface area contributed by atoms with Gasteiger partial charge in [-0.2, -0.15) is 0 Å². The molecule has 0 saturated carbocycles. The molecule has 0 radical (unpaired) electrons. The quantitative estimate of drug-likeness (QED) is 0.898.